The van der Waals surface area contributed by atoms with Crippen LogP contribution in [0.3, 0.4) is 0 Å². The molecule has 1 N–H and O–H groups in total. The SMILES string of the molecule is C=CC(=O)Nc1ccc(S(=O)(=O)N2CCN(CC3CCCO3)CC2)cc1. The third kappa shape index (κ3) is 4.50. The van der Waals surface area contributed by atoms with Crippen LogP contribution in [0.2, 0.25) is 0 Å². The van der Waals surface area contributed by atoms with Crippen molar-refractivity contribution in [1.82, 2.24) is 9.21 Å². The number of piperazine rings is 1. The standard InChI is InChI=1S/C18H25N3O4S/c1-2-18(22)19-15-5-7-17(8-6-15)26(23,24)21-11-9-20(10-12-21)14-16-4-3-13-25-16/h2,5-8,16H,1,3-4,9-14H2,(H,19,22). The van der Waals surface area contributed by atoms with Crippen LogP contribution in [0.5, 0.6) is 0 Å². The van der Waals surface area contributed by atoms with Gasteiger partial charge in [0.2, 0.25) is 15.9 Å². The molecule has 142 valence electrons. The molecule has 2 saturated heterocycles. The Bertz CT molecular complexity index is 734. The van der Waals surface area contributed by atoms with E-state index in [2.05, 4.69) is 16.8 Å². The van der Waals surface area contributed by atoms with Gasteiger partial charge in [-0.25, -0.2) is 8.42 Å². The van der Waals surface area contributed by atoms with Crippen LogP contribution in [0.1, 0.15) is 12.8 Å². The van der Waals surface area contributed by atoms with Gasteiger partial charge in [0.05, 0.1) is 11.0 Å². The molecule has 1 unspecified atom stereocenters. The predicted molar refractivity (Wildman–Crippen MR) is 99.4 cm³/mol. The van der Waals surface area contributed by atoms with Crippen molar-refractivity contribution in [3.63, 3.8) is 0 Å². The van der Waals surface area contributed by atoms with E-state index in [-0.39, 0.29) is 16.9 Å². The average molecular weight is 379 g/mol. The normalized spacial score (nSPS) is 22.2. The fraction of sp³-hybridized carbons (Fsp3) is 0.500. The first kappa shape index (κ1) is 19.0. The summed E-state index contributed by atoms with van der Waals surface area (Å²) < 4.78 is 32.8. The van der Waals surface area contributed by atoms with Crippen LogP contribution in [-0.4, -0.2) is 69.0 Å². The van der Waals surface area contributed by atoms with Gasteiger partial charge in [-0.3, -0.25) is 9.69 Å². The van der Waals surface area contributed by atoms with E-state index >= 15 is 0 Å². The van der Waals surface area contributed by atoms with Crippen molar-refractivity contribution in [2.24, 2.45) is 0 Å². The summed E-state index contributed by atoms with van der Waals surface area (Å²) in [5.74, 6) is -0.331. The van der Waals surface area contributed by atoms with Crippen molar-refractivity contribution in [3.05, 3.63) is 36.9 Å². The van der Waals surface area contributed by atoms with E-state index < -0.39 is 10.0 Å². The highest BCUT2D eigenvalue weighted by Crippen LogP contribution is 2.21. The third-order valence-corrected chi connectivity index (χ3v) is 6.67. The van der Waals surface area contributed by atoms with Gasteiger partial charge in [0.25, 0.3) is 0 Å². The van der Waals surface area contributed by atoms with Crippen molar-refractivity contribution < 1.29 is 17.9 Å². The zero-order valence-electron chi connectivity index (χ0n) is 14.8. The highest BCUT2D eigenvalue weighted by atomic mass is 32.2. The Balaban J connectivity index is 1.58. The van der Waals surface area contributed by atoms with Gasteiger partial charge in [-0.2, -0.15) is 4.31 Å². The highest BCUT2D eigenvalue weighted by molar-refractivity contribution is 7.89. The molecule has 1 amide bonds. The number of hydrogen-bond donors (Lipinski definition) is 1. The number of nitrogens with zero attached hydrogens (tertiary/aromatic N) is 2. The van der Waals surface area contributed by atoms with E-state index in [9.17, 15) is 13.2 Å². The minimum Gasteiger partial charge on any atom is -0.377 e. The molecule has 7 nitrogen and oxygen atoms in total. The molecule has 0 radical (unpaired) electrons. The van der Waals surface area contributed by atoms with Gasteiger partial charge in [0.15, 0.2) is 0 Å². The largest absolute Gasteiger partial charge is 0.377 e. The molecule has 2 aliphatic heterocycles. The smallest absolute Gasteiger partial charge is 0.247 e. The van der Waals surface area contributed by atoms with E-state index in [0.717, 1.165) is 26.0 Å². The average Bonchev–Trinajstić information content (AvgIpc) is 3.15. The number of rotatable bonds is 6. The maximum atomic E-state index is 12.8. The highest BCUT2D eigenvalue weighted by Gasteiger charge is 2.29. The second kappa shape index (κ2) is 8.30. The molecule has 2 fully saturated rings. The summed E-state index contributed by atoms with van der Waals surface area (Å²) in [5, 5.41) is 2.61. The lowest BCUT2D eigenvalue weighted by atomic mass is 10.2. The van der Waals surface area contributed by atoms with Crippen molar-refractivity contribution in [1.29, 1.82) is 0 Å². The molecule has 8 heteroatoms. The molecule has 1 aromatic rings. The van der Waals surface area contributed by atoms with E-state index in [1.807, 2.05) is 0 Å². The second-order valence-corrected chi connectivity index (χ2v) is 8.50. The summed E-state index contributed by atoms with van der Waals surface area (Å²) in [6.45, 7) is 7.48. The van der Waals surface area contributed by atoms with Crippen molar-refractivity contribution in [3.8, 4) is 0 Å². The number of nitrogens with one attached hydrogen (secondary N) is 1. The maximum absolute atomic E-state index is 12.8. The summed E-state index contributed by atoms with van der Waals surface area (Å²) >= 11 is 0. The van der Waals surface area contributed by atoms with Crippen molar-refractivity contribution in [2.75, 3.05) is 44.6 Å². The van der Waals surface area contributed by atoms with Crippen LogP contribution in [0, 0.1) is 0 Å². The topological polar surface area (TPSA) is 79.0 Å². The Labute approximate surface area is 154 Å². The molecular formula is C18H25N3O4S. The zero-order valence-corrected chi connectivity index (χ0v) is 15.6. The molecule has 2 aliphatic rings. The number of amides is 1. The fourth-order valence-corrected chi connectivity index (χ4v) is 4.70. The Kier molecular flexibility index (Phi) is 6.08. The van der Waals surface area contributed by atoms with Crippen LogP contribution in [0.25, 0.3) is 0 Å². The predicted octanol–water partition coefficient (Wildman–Crippen LogP) is 1.30. The van der Waals surface area contributed by atoms with Gasteiger partial charge in [0, 0.05) is 45.0 Å². The van der Waals surface area contributed by atoms with Gasteiger partial charge in [0.1, 0.15) is 0 Å². The molecule has 26 heavy (non-hydrogen) atoms. The maximum Gasteiger partial charge on any atom is 0.247 e. The molecule has 3 rings (SSSR count). The fourth-order valence-electron chi connectivity index (χ4n) is 3.28. The molecule has 0 aromatic heterocycles. The van der Waals surface area contributed by atoms with E-state index in [1.54, 1.807) is 12.1 Å². The first-order valence-corrected chi connectivity index (χ1v) is 10.3. The van der Waals surface area contributed by atoms with Crippen LogP contribution in [0.4, 0.5) is 5.69 Å². The van der Waals surface area contributed by atoms with Gasteiger partial charge in [-0.05, 0) is 43.2 Å². The number of carbonyl (C=O) groups is 1. The molecule has 2 heterocycles. The first-order valence-electron chi connectivity index (χ1n) is 8.86. The minimum atomic E-state index is -3.52. The number of hydrogen-bond acceptors (Lipinski definition) is 5. The third-order valence-electron chi connectivity index (χ3n) is 4.76. The monoisotopic (exact) mass is 379 g/mol. The summed E-state index contributed by atoms with van der Waals surface area (Å²) in [4.78, 5) is 13.8. The Morgan fingerprint density at radius 1 is 1.23 bits per heavy atom. The lowest BCUT2D eigenvalue weighted by Gasteiger charge is -2.35. The Morgan fingerprint density at radius 3 is 2.50 bits per heavy atom. The summed E-state index contributed by atoms with van der Waals surface area (Å²) in [6.07, 6.45) is 3.66. The van der Waals surface area contributed by atoms with Gasteiger partial charge in [-0.1, -0.05) is 6.58 Å². The Morgan fingerprint density at radius 2 is 1.92 bits per heavy atom. The van der Waals surface area contributed by atoms with E-state index in [1.165, 1.54) is 22.5 Å². The minimum absolute atomic E-state index is 0.238. The van der Waals surface area contributed by atoms with Gasteiger partial charge < -0.3 is 10.1 Å². The Hall–Kier alpha value is -1.74. The van der Waals surface area contributed by atoms with Crippen LogP contribution in [-0.2, 0) is 19.6 Å². The lowest BCUT2D eigenvalue weighted by molar-refractivity contribution is -0.111. The van der Waals surface area contributed by atoms with Crippen molar-refractivity contribution in [2.45, 2.75) is 23.8 Å². The zero-order chi connectivity index (χ0) is 18.6. The van der Waals surface area contributed by atoms with Crippen molar-refractivity contribution >= 4 is 21.6 Å². The second-order valence-electron chi connectivity index (χ2n) is 6.56. The number of anilines is 1. The summed E-state index contributed by atoms with van der Waals surface area (Å²) in [5.41, 5.74) is 0.537. The number of carbonyl (C=O) groups excluding carboxylic acids is 1. The van der Waals surface area contributed by atoms with E-state index in [0.29, 0.717) is 31.9 Å². The molecule has 1 atom stereocenters. The van der Waals surface area contributed by atoms with Gasteiger partial charge >= 0.3 is 0 Å². The van der Waals surface area contributed by atoms with Crippen LogP contribution in [0.15, 0.2) is 41.8 Å². The summed E-state index contributed by atoms with van der Waals surface area (Å²) in [7, 11) is -3.52. The lowest BCUT2D eigenvalue weighted by Crippen LogP contribution is -2.50. The van der Waals surface area contributed by atoms with Gasteiger partial charge in [-0.15, -0.1) is 0 Å². The first-order chi connectivity index (χ1) is 12.5. The molecule has 0 saturated carbocycles. The summed E-state index contributed by atoms with van der Waals surface area (Å²) in [6, 6.07) is 6.21. The van der Waals surface area contributed by atoms with Crippen LogP contribution >= 0.6 is 0 Å². The quantitative estimate of drug-likeness (QED) is 0.754. The molecule has 0 spiro atoms. The number of ether oxygens (including phenoxy) is 1. The molecule has 1 aromatic carbocycles. The molecule has 0 bridgehead atoms. The van der Waals surface area contributed by atoms with E-state index in [4.69, 9.17) is 4.74 Å². The van der Waals surface area contributed by atoms with Crippen LogP contribution < -0.4 is 5.32 Å². The molecule has 0 aliphatic carbocycles. The number of benzene rings is 1. The molecular weight excluding hydrogens is 354 g/mol. The number of sulfonamides is 1.